The van der Waals surface area contributed by atoms with Gasteiger partial charge in [-0.2, -0.15) is 0 Å². The molecule has 0 saturated carbocycles. The van der Waals surface area contributed by atoms with Crippen LogP contribution in [0.4, 0.5) is 0 Å². The number of hydrogen-bond acceptors (Lipinski definition) is 12. The van der Waals surface area contributed by atoms with Crippen LogP contribution in [0.2, 0.25) is 0 Å². The lowest BCUT2D eigenvalue weighted by atomic mass is 9.98. The molecule has 0 spiro atoms. The molecule has 0 aromatic carbocycles. The van der Waals surface area contributed by atoms with Gasteiger partial charge in [-0.3, -0.25) is 24.0 Å². The summed E-state index contributed by atoms with van der Waals surface area (Å²) in [6.45, 7) is 6.01. The first-order chi connectivity index (χ1) is 15.0. The van der Waals surface area contributed by atoms with Gasteiger partial charge < -0.3 is 28.4 Å². The van der Waals surface area contributed by atoms with Gasteiger partial charge in [-0.1, -0.05) is 11.8 Å². The van der Waals surface area contributed by atoms with E-state index in [0.717, 1.165) is 20.8 Å². The molecule has 1 rings (SSSR count). The Balaban J connectivity index is 3.05. The van der Waals surface area contributed by atoms with E-state index in [4.69, 9.17) is 28.4 Å². The van der Waals surface area contributed by atoms with Crippen molar-refractivity contribution in [1.29, 1.82) is 0 Å². The molecule has 0 aromatic rings. The Morgan fingerprint density at radius 1 is 0.750 bits per heavy atom. The molecule has 1 heterocycles. The third-order valence-electron chi connectivity index (χ3n) is 4.07. The number of rotatable bonds is 11. The monoisotopic (exact) mass is 478 g/mol. The van der Waals surface area contributed by atoms with E-state index in [2.05, 4.69) is 0 Å². The van der Waals surface area contributed by atoms with Crippen molar-refractivity contribution in [3.05, 3.63) is 0 Å². The van der Waals surface area contributed by atoms with Crippen LogP contribution in [-0.2, 0) is 52.4 Å². The number of carbonyl (C=O) groups is 5. The molecule has 0 aliphatic carbocycles. The standard InChI is InChI=1S/C20H30O11S/c1-11(21)27-10-16-17(28-12(2)22)18(29-13(3)23)19(30-14(4)24)20(31-16)26-8-6-7-9-32-15(5)25/h16-20H,6-10H2,1-5H3/t16-,17-,18+,19-,20-/m1/s1. The van der Waals surface area contributed by atoms with Gasteiger partial charge in [-0.15, -0.1) is 0 Å². The molecule has 5 atom stereocenters. The molecule has 1 fully saturated rings. The van der Waals surface area contributed by atoms with Gasteiger partial charge in [-0.25, -0.2) is 0 Å². The molecule has 0 aromatic heterocycles. The van der Waals surface area contributed by atoms with E-state index >= 15 is 0 Å². The van der Waals surface area contributed by atoms with Gasteiger partial charge in [0.15, 0.2) is 29.7 Å². The highest BCUT2D eigenvalue weighted by Gasteiger charge is 2.52. The first kappa shape index (κ1) is 27.9. The predicted octanol–water partition coefficient (Wildman–Crippen LogP) is 1.15. The first-order valence-electron chi connectivity index (χ1n) is 10.1. The lowest BCUT2D eigenvalue weighted by molar-refractivity contribution is -0.308. The van der Waals surface area contributed by atoms with Crippen molar-refractivity contribution in [2.45, 2.75) is 78.2 Å². The lowest BCUT2D eigenvalue weighted by Gasteiger charge is -2.44. The third-order valence-corrected chi connectivity index (χ3v) is 4.97. The Kier molecular flexibility index (Phi) is 12.2. The molecular formula is C20H30O11S. The predicted molar refractivity (Wildman–Crippen MR) is 110 cm³/mol. The molecule has 182 valence electrons. The Morgan fingerprint density at radius 3 is 1.84 bits per heavy atom. The minimum absolute atomic E-state index is 0.0190. The maximum absolute atomic E-state index is 11.7. The summed E-state index contributed by atoms with van der Waals surface area (Å²) in [4.78, 5) is 57.4. The number of hydrogen-bond donors (Lipinski definition) is 0. The molecule has 1 aliphatic rings. The van der Waals surface area contributed by atoms with Crippen molar-refractivity contribution in [3.8, 4) is 0 Å². The third kappa shape index (κ3) is 10.4. The molecule has 0 radical (unpaired) electrons. The molecule has 0 amide bonds. The Hall–Kier alpha value is -2.18. The highest BCUT2D eigenvalue weighted by atomic mass is 32.2. The highest BCUT2D eigenvalue weighted by Crippen LogP contribution is 2.30. The Labute approximate surface area is 190 Å². The van der Waals surface area contributed by atoms with E-state index in [0.29, 0.717) is 18.6 Å². The Morgan fingerprint density at radius 2 is 1.31 bits per heavy atom. The van der Waals surface area contributed by atoms with Crippen LogP contribution in [0.5, 0.6) is 0 Å². The number of unbranched alkanes of at least 4 members (excludes halogenated alkanes) is 1. The van der Waals surface area contributed by atoms with Crippen LogP contribution in [0.3, 0.4) is 0 Å². The Bertz CT molecular complexity index is 680. The van der Waals surface area contributed by atoms with Crippen LogP contribution in [0.15, 0.2) is 0 Å². The summed E-state index contributed by atoms with van der Waals surface area (Å²) in [5.74, 6) is -2.08. The number of esters is 4. The van der Waals surface area contributed by atoms with Crippen molar-refractivity contribution in [1.82, 2.24) is 0 Å². The largest absolute Gasteiger partial charge is 0.463 e. The van der Waals surface area contributed by atoms with E-state index in [1.165, 1.54) is 25.6 Å². The maximum Gasteiger partial charge on any atom is 0.303 e. The van der Waals surface area contributed by atoms with Crippen LogP contribution in [0.25, 0.3) is 0 Å². The smallest absolute Gasteiger partial charge is 0.303 e. The summed E-state index contributed by atoms with van der Waals surface area (Å²) in [6, 6.07) is 0. The SMILES string of the molecule is CC(=O)OC[C@H]1O[C@@H](OCCCCSC(C)=O)[C@H](OC(C)=O)[C@@H](OC(C)=O)[C@@H]1OC(C)=O. The van der Waals surface area contributed by atoms with E-state index < -0.39 is 54.6 Å². The van der Waals surface area contributed by atoms with Crippen LogP contribution in [0, 0.1) is 0 Å². The molecule has 11 nitrogen and oxygen atoms in total. The zero-order valence-corrected chi connectivity index (χ0v) is 19.6. The second kappa shape index (κ2) is 14.1. The van der Waals surface area contributed by atoms with Gasteiger partial charge in [0, 0.05) is 47.0 Å². The van der Waals surface area contributed by atoms with Crippen LogP contribution < -0.4 is 0 Å². The number of carbonyl (C=O) groups excluding carboxylic acids is 5. The van der Waals surface area contributed by atoms with Crippen molar-refractivity contribution in [2.75, 3.05) is 19.0 Å². The van der Waals surface area contributed by atoms with Gasteiger partial charge in [0.25, 0.3) is 0 Å². The van der Waals surface area contributed by atoms with Gasteiger partial charge in [0.2, 0.25) is 0 Å². The number of thioether (sulfide) groups is 1. The topological polar surface area (TPSA) is 141 Å². The summed E-state index contributed by atoms with van der Waals surface area (Å²) in [7, 11) is 0. The minimum Gasteiger partial charge on any atom is -0.463 e. The van der Waals surface area contributed by atoms with Crippen LogP contribution >= 0.6 is 11.8 Å². The van der Waals surface area contributed by atoms with E-state index in [-0.39, 0.29) is 18.3 Å². The first-order valence-corrected chi connectivity index (χ1v) is 11.0. The minimum atomic E-state index is -1.26. The fourth-order valence-electron chi connectivity index (χ4n) is 2.94. The van der Waals surface area contributed by atoms with E-state index in [1.807, 2.05) is 0 Å². The van der Waals surface area contributed by atoms with E-state index in [1.54, 1.807) is 0 Å². The van der Waals surface area contributed by atoms with E-state index in [9.17, 15) is 24.0 Å². The quantitative estimate of drug-likeness (QED) is 0.239. The van der Waals surface area contributed by atoms with Gasteiger partial charge in [-0.05, 0) is 12.8 Å². The fourth-order valence-corrected chi connectivity index (χ4v) is 3.58. The molecule has 0 bridgehead atoms. The van der Waals surface area contributed by atoms with Crippen molar-refractivity contribution in [3.63, 3.8) is 0 Å². The van der Waals surface area contributed by atoms with Crippen LogP contribution in [-0.4, -0.2) is 78.7 Å². The summed E-state index contributed by atoms with van der Waals surface area (Å²) in [6.07, 6.45) is -4.67. The van der Waals surface area contributed by atoms with Gasteiger partial charge >= 0.3 is 23.9 Å². The van der Waals surface area contributed by atoms with Crippen LogP contribution in [0.1, 0.15) is 47.5 Å². The molecule has 0 N–H and O–H groups in total. The summed E-state index contributed by atoms with van der Waals surface area (Å²) >= 11 is 1.20. The molecule has 32 heavy (non-hydrogen) atoms. The summed E-state index contributed by atoms with van der Waals surface area (Å²) < 4.78 is 32.4. The van der Waals surface area contributed by atoms with Crippen molar-refractivity contribution < 1.29 is 52.4 Å². The average Bonchev–Trinajstić information content (AvgIpc) is 2.65. The van der Waals surface area contributed by atoms with Gasteiger partial charge in [0.05, 0.1) is 0 Å². The molecular weight excluding hydrogens is 448 g/mol. The molecule has 1 saturated heterocycles. The second-order valence-electron chi connectivity index (χ2n) is 6.99. The van der Waals surface area contributed by atoms with Gasteiger partial charge in [0.1, 0.15) is 12.7 Å². The highest BCUT2D eigenvalue weighted by molar-refractivity contribution is 8.13. The van der Waals surface area contributed by atoms with Crippen molar-refractivity contribution >= 4 is 40.8 Å². The molecule has 0 unspecified atom stereocenters. The fraction of sp³-hybridized carbons (Fsp3) is 0.750. The summed E-state index contributed by atoms with van der Waals surface area (Å²) in [5.41, 5.74) is 0. The lowest BCUT2D eigenvalue weighted by Crippen LogP contribution is -2.63. The number of ether oxygens (including phenoxy) is 6. The maximum atomic E-state index is 11.7. The average molecular weight is 479 g/mol. The second-order valence-corrected chi connectivity index (χ2v) is 8.26. The zero-order valence-electron chi connectivity index (χ0n) is 18.8. The molecule has 12 heteroatoms. The zero-order chi connectivity index (χ0) is 24.3. The molecule has 1 aliphatic heterocycles. The summed E-state index contributed by atoms with van der Waals surface area (Å²) in [5, 5.41) is 0.0190. The normalized spacial score (nSPS) is 24.8. The van der Waals surface area contributed by atoms with Crippen molar-refractivity contribution in [2.24, 2.45) is 0 Å².